The number of rotatable bonds is 3. The summed E-state index contributed by atoms with van der Waals surface area (Å²) in [6, 6.07) is 5.83. The van der Waals surface area contributed by atoms with Crippen LogP contribution in [0.25, 0.3) is 0 Å². The van der Waals surface area contributed by atoms with E-state index in [9.17, 15) is 5.11 Å². The third kappa shape index (κ3) is 2.64. The lowest BCUT2D eigenvalue weighted by Crippen LogP contribution is -2.43. The maximum absolute atomic E-state index is 9.77. The smallest absolute Gasteiger partial charge is 0.164 e. The van der Waals surface area contributed by atoms with Crippen molar-refractivity contribution in [2.24, 2.45) is 5.73 Å². The van der Waals surface area contributed by atoms with Crippen LogP contribution in [0.2, 0.25) is 0 Å². The first-order chi connectivity index (χ1) is 9.29. The van der Waals surface area contributed by atoms with Crippen LogP contribution in [0, 0.1) is 0 Å². The monoisotopic (exact) mass is 297 g/mol. The van der Waals surface area contributed by atoms with Crippen molar-refractivity contribution in [3.05, 3.63) is 35.7 Å². The molecule has 2 aliphatic heterocycles. The van der Waals surface area contributed by atoms with Crippen molar-refractivity contribution in [2.75, 3.05) is 19.8 Å². The first kappa shape index (κ1) is 14.8. The van der Waals surface area contributed by atoms with E-state index in [4.69, 9.17) is 10.5 Å². The van der Waals surface area contributed by atoms with Crippen molar-refractivity contribution in [1.29, 1.82) is 0 Å². The lowest BCUT2D eigenvalue weighted by atomic mass is 10.0. The number of benzene rings is 1. The normalized spacial score (nSPS) is 20.4. The van der Waals surface area contributed by atoms with Crippen LogP contribution in [0.15, 0.2) is 30.1 Å². The second-order valence-electron chi connectivity index (χ2n) is 4.94. The zero-order valence-electron chi connectivity index (χ0n) is 11.2. The number of hydrogen-bond acceptors (Lipinski definition) is 5. The van der Waals surface area contributed by atoms with Crippen LogP contribution in [0.3, 0.4) is 0 Å². The van der Waals surface area contributed by atoms with Gasteiger partial charge in [-0.15, -0.1) is 12.4 Å². The molecule has 2 aliphatic rings. The van der Waals surface area contributed by atoms with E-state index in [0.717, 1.165) is 25.1 Å². The highest BCUT2D eigenvalue weighted by molar-refractivity contribution is 5.85. The first-order valence-electron chi connectivity index (χ1n) is 6.62. The highest BCUT2D eigenvalue weighted by Gasteiger charge is 2.29. The zero-order chi connectivity index (χ0) is 13.2. The van der Waals surface area contributed by atoms with Crippen molar-refractivity contribution in [1.82, 2.24) is 10.2 Å². The number of phenolic OH excluding ortho intramolecular Hbond substituents is 1. The fourth-order valence-electron chi connectivity index (χ4n) is 2.76. The molecule has 0 aliphatic carbocycles. The molecule has 0 saturated carbocycles. The third-order valence-electron chi connectivity index (χ3n) is 3.69. The molecular weight excluding hydrogens is 278 g/mol. The number of nitrogens with two attached hydrogens (primary N) is 1. The molecule has 1 aromatic rings. The van der Waals surface area contributed by atoms with Gasteiger partial charge in [0.2, 0.25) is 0 Å². The summed E-state index contributed by atoms with van der Waals surface area (Å²) in [5.74, 6) is 0.864. The summed E-state index contributed by atoms with van der Waals surface area (Å²) >= 11 is 0. The highest BCUT2D eigenvalue weighted by Crippen LogP contribution is 2.35. The van der Waals surface area contributed by atoms with Gasteiger partial charge in [0.15, 0.2) is 11.5 Å². The molecule has 0 amide bonds. The Bertz CT molecular complexity index is 507. The van der Waals surface area contributed by atoms with E-state index in [0.29, 0.717) is 24.9 Å². The summed E-state index contributed by atoms with van der Waals surface area (Å²) in [5.41, 5.74) is 7.94. The number of fused-ring (bicyclic) bond motifs is 1. The summed E-state index contributed by atoms with van der Waals surface area (Å²) in [4.78, 5) is 2.31. The molecule has 0 bridgehead atoms. The molecule has 0 fully saturated rings. The molecule has 1 aromatic carbocycles. The lowest BCUT2D eigenvalue weighted by Gasteiger charge is -2.35. The van der Waals surface area contributed by atoms with Gasteiger partial charge in [0, 0.05) is 23.9 Å². The van der Waals surface area contributed by atoms with Gasteiger partial charge in [-0.05, 0) is 19.0 Å². The lowest BCUT2D eigenvalue weighted by molar-refractivity contribution is 0.148. The van der Waals surface area contributed by atoms with Crippen molar-refractivity contribution < 1.29 is 9.84 Å². The van der Waals surface area contributed by atoms with Gasteiger partial charge in [0.25, 0.3) is 0 Å². The molecular formula is C14H20ClN3O2. The van der Waals surface area contributed by atoms with E-state index in [2.05, 4.69) is 10.2 Å². The molecule has 5 nitrogen and oxygen atoms in total. The quantitative estimate of drug-likeness (QED) is 0.781. The summed E-state index contributed by atoms with van der Waals surface area (Å²) in [6.07, 6.45) is 3.79. The number of para-hydroxylation sites is 1. The molecule has 0 radical (unpaired) electrons. The molecule has 3 rings (SSSR count). The second kappa shape index (κ2) is 6.24. The van der Waals surface area contributed by atoms with Gasteiger partial charge >= 0.3 is 0 Å². The number of halogens is 1. The Hall–Kier alpha value is -1.59. The first-order valence-corrected chi connectivity index (χ1v) is 6.62. The van der Waals surface area contributed by atoms with Gasteiger partial charge < -0.3 is 25.8 Å². The van der Waals surface area contributed by atoms with E-state index in [1.807, 2.05) is 18.3 Å². The minimum absolute atomic E-state index is 0. The van der Waals surface area contributed by atoms with Gasteiger partial charge in [-0.25, -0.2) is 0 Å². The molecule has 20 heavy (non-hydrogen) atoms. The van der Waals surface area contributed by atoms with Crippen LogP contribution >= 0.6 is 12.4 Å². The summed E-state index contributed by atoms with van der Waals surface area (Å²) in [7, 11) is 0. The van der Waals surface area contributed by atoms with Crippen LogP contribution in [-0.4, -0.2) is 35.9 Å². The Morgan fingerprint density at radius 2 is 2.30 bits per heavy atom. The van der Waals surface area contributed by atoms with E-state index in [1.165, 1.54) is 5.70 Å². The van der Waals surface area contributed by atoms with Crippen molar-refractivity contribution in [3.8, 4) is 11.5 Å². The van der Waals surface area contributed by atoms with Crippen LogP contribution in [0.5, 0.6) is 11.5 Å². The van der Waals surface area contributed by atoms with Gasteiger partial charge in [0.1, 0.15) is 6.61 Å². The second-order valence-corrected chi connectivity index (χ2v) is 4.94. The molecule has 0 aromatic heterocycles. The van der Waals surface area contributed by atoms with Gasteiger partial charge in [-0.3, -0.25) is 0 Å². The fraction of sp³-hybridized carbons (Fsp3) is 0.429. The van der Waals surface area contributed by atoms with Crippen LogP contribution in [-0.2, 0) is 6.42 Å². The number of phenols is 1. The topological polar surface area (TPSA) is 70.8 Å². The Balaban J connectivity index is 0.00000147. The van der Waals surface area contributed by atoms with Crippen molar-refractivity contribution in [3.63, 3.8) is 0 Å². The van der Waals surface area contributed by atoms with Crippen molar-refractivity contribution in [2.45, 2.75) is 18.9 Å². The number of ether oxygens (including phenoxy) is 1. The SMILES string of the molecule is Cl.NCCC1=CNCN1[C@H]1COc2c(O)cccc2C1. The summed E-state index contributed by atoms with van der Waals surface area (Å²) in [5, 5.41) is 13.0. The summed E-state index contributed by atoms with van der Waals surface area (Å²) in [6.45, 7) is 2.04. The number of aromatic hydroxyl groups is 1. The van der Waals surface area contributed by atoms with Crippen LogP contribution in [0.1, 0.15) is 12.0 Å². The number of hydrogen-bond donors (Lipinski definition) is 3. The molecule has 4 N–H and O–H groups in total. The number of nitrogens with one attached hydrogen (secondary N) is 1. The molecule has 0 unspecified atom stereocenters. The Kier molecular flexibility index (Phi) is 4.62. The molecule has 0 saturated heterocycles. The standard InChI is InChI=1S/C14H19N3O2.ClH/c15-5-4-11-7-16-9-17(11)12-6-10-2-1-3-13(18)14(10)19-8-12;/h1-3,7,12,16,18H,4-6,8-9,15H2;1H/t12-;/m1./s1. The third-order valence-corrected chi connectivity index (χ3v) is 3.69. The van der Waals surface area contributed by atoms with E-state index < -0.39 is 0 Å². The average Bonchev–Trinajstić information content (AvgIpc) is 2.87. The molecule has 2 heterocycles. The Morgan fingerprint density at radius 3 is 3.10 bits per heavy atom. The maximum atomic E-state index is 9.77. The minimum atomic E-state index is 0. The number of nitrogens with zero attached hydrogens (tertiary/aromatic N) is 1. The molecule has 6 heteroatoms. The molecule has 110 valence electrons. The van der Waals surface area contributed by atoms with Crippen molar-refractivity contribution >= 4 is 12.4 Å². The molecule has 1 atom stereocenters. The fourth-order valence-corrected chi connectivity index (χ4v) is 2.76. The van der Waals surface area contributed by atoms with Gasteiger partial charge in [-0.2, -0.15) is 0 Å². The van der Waals surface area contributed by atoms with E-state index in [1.54, 1.807) is 6.07 Å². The largest absolute Gasteiger partial charge is 0.504 e. The van der Waals surface area contributed by atoms with Crippen LogP contribution in [0.4, 0.5) is 0 Å². The molecule has 0 spiro atoms. The Morgan fingerprint density at radius 1 is 1.45 bits per heavy atom. The van der Waals surface area contributed by atoms with E-state index >= 15 is 0 Å². The van der Waals surface area contributed by atoms with E-state index in [-0.39, 0.29) is 18.2 Å². The van der Waals surface area contributed by atoms with Crippen LogP contribution < -0.4 is 15.8 Å². The average molecular weight is 298 g/mol. The predicted octanol–water partition coefficient (Wildman–Crippen LogP) is 1.17. The summed E-state index contributed by atoms with van der Waals surface area (Å²) < 4.78 is 5.73. The zero-order valence-corrected chi connectivity index (χ0v) is 12.0. The minimum Gasteiger partial charge on any atom is -0.504 e. The maximum Gasteiger partial charge on any atom is 0.164 e. The van der Waals surface area contributed by atoms with Gasteiger partial charge in [0.05, 0.1) is 12.7 Å². The predicted molar refractivity (Wildman–Crippen MR) is 79.9 cm³/mol. The van der Waals surface area contributed by atoms with Gasteiger partial charge in [-0.1, -0.05) is 12.1 Å². The highest BCUT2D eigenvalue weighted by atomic mass is 35.5. The Labute approximate surface area is 124 Å².